The van der Waals surface area contributed by atoms with E-state index >= 15 is 0 Å². The number of nitrogens with one attached hydrogen (secondary N) is 1. The average molecular weight is 820 g/mol. The van der Waals surface area contributed by atoms with E-state index in [9.17, 15) is 51.0 Å². The van der Waals surface area contributed by atoms with Crippen molar-refractivity contribution in [3.05, 3.63) is 95.8 Å². The van der Waals surface area contributed by atoms with Crippen LogP contribution in [0.15, 0.2) is 72.9 Å². The summed E-state index contributed by atoms with van der Waals surface area (Å²) >= 11 is 0. The van der Waals surface area contributed by atoms with Gasteiger partial charge in [0, 0.05) is 74.2 Å². The molecule has 1 aliphatic heterocycles. The fraction of sp³-hybridized carbons (Fsp3) is 0.400. The third-order valence-electron chi connectivity index (χ3n) is 8.94. The second-order valence-electron chi connectivity index (χ2n) is 14.4. The molecule has 2 aromatic carbocycles. The van der Waals surface area contributed by atoms with Gasteiger partial charge in [-0.2, -0.15) is 13.2 Å². The van der Waals surface area contributed by atoms with Crippen molar-refractivity contribution in [2.24, 2.45) is 11.1 Å². The molecule has 13 nitrogen and oxygen atoms in total. The molecule has 2 heterocycles. The van der Waals surface area contributed by atoms with Crippen LogP contribution in [-0.2, 0) is 35.3 Å². The van der Waals surface area contributed by atoms with E-state index < -0.39 is 71.5 Å². The molecular weight excluding hydrogens is 773 g/mol. The summed E-state index contributed by atoms with van der Waals surface area (Å²) in [6.07, 6.45) is -0.535. The average Bonchev–Trinajstić information content (AvgIpc) is 3.71. The molecule has 314 valence electrons. The summed E-state index contributed by atoms with van der Waals surface area (Å²) in [5.41, 5.74) is 7.63. The molecular formula is C40H46F5N5O8. The zero-order valence-electron chi connectivity index (χ0n) is 32.1. The summed E-state index contributed by atoms with van der Waals surface area (Å²) in [6.45, 7) is 5.48. The molecule has 4 amide bonds. The largest absolute Gasteiger partial charge is 0.490 e. The number of aliphatic carboxylic acids is 1. The smallest absolute Gasteiger partial charge is 0.475 e. The highest BCUT2D eigenvalue weighted by Crippen LogP contribution is 2.41. The van der Waals surface area contributed by atoms with Crippen LogP contribution in [0.2, 0.25) is 0 Å². The van der Waals surface area contributed by atoms with Crippen LogP contribution in [0.5, 0.6) is 0 Å². The Balaban J connectivity index is 0.00000117. The van der Waals surface area contributed by atoms with E-state index in [1.807, 2.05) is 55.7 Å². The number of amides is 4. The van der Waals surface area contributed by atoms with Crippen LogP contribution in [-0.4, -0.2) is 98.4 Å². The number of imide groups is 1. The van der Waals surface area contributed by atoms with Crippen LogP contribution in [0, 0.1) is 17.0 Å². The number of nitrogens with two attached hydrogens (primary N) is 1. The van der Waals surface area contributed by atoms with Gasteiger partial charge in [0.2, 0.25) is 11.8 Å². The van der Waals surface area contributed by atoms with E-state index in [0.29, 0.717) is 24.2 Å². The first kappa shape index (κ1) is 46.6. The van der Waals surface area contributed by atoms with Crippen molar-refractivity contribution in [2.45, 2.75) is 71.3 Å². The first-order valence-electron chi connectivity index (χ1n) is 18.1. The molecule has 18 heteroatoms. The Bertz CT molecular complexity index is 1960. The molecule has 0 spiro atoms. The summed E-state index contributed by atoms with van der Waals surface area (Å²) in [5.74, 6) is -6.11. The van der Waals surface area contributed by atoms with Crippen LogP contribution in [0.25, 0.3) is 11.1 Å². The van der Waals surface area contributed by atoms with Crippen molar-refractivity contribution < 1.29 is 60.9 Å². The number of carbonyl (C=O) groups is 6. The number of halogens is 5. The van der Waals surface area contributed by atoms with E-state index in [1.54, 1.807) is 12.3 Å². The second kappa shape index (κ2) is 20.6. The highest BCUT2D eigenvalue weighted by Gasteiger charge is 2.39. The molecule has 0 bridgehead atoms. The van der Waals surface area contributed by atoms with Gasteiger partial charge in [-0.3, -0.25) is 28.9 Å². The highest BCUT2D eigenvalue weighted by atomic mass is 19.4. The van der Waals surface area contributed by atoms with Gasteiger partial charge in [-0.05, 0) is 48.1 Å². The number of aliphatic hydroxyl groups excluding tert-OH is 1. The molecule has 4 rings (SSSR count). The maximum absolute atomic E-state index is 15.0. The lowest BCUT2D eigenvalue weighted by Gasteiger charge is -2.41. The molecule has 5 N–H and O–H groups in total. The standard InChI is InChI=1S/C38H45F2N5O6.C2HF3O2/c1-38(2,3)36(32-20-26(29-21-27(39)11-12-30(29)40)23-43(32)22-25-8-5-4-6-9-25)45(35(50)24-46)19-16-31(41)37(51)42-17-7-10-28(47)15-18-44-33(48)13-14-34(44)49;3-2(4,5)1(6)7/h4-6,8-9,11-14,20-21,23,31,36,46H,7,10,15-19,22,24,41H2,1-3H3,(H,42,51);(H,6,7)/t31-,36-;/m0./s1. The quantitative estimate of drug-likeness (QED) is 0.0862. The summed E-state index contributed by atoms with van der Waals surface area (Å²) in [5, 5.41) is 19.9. The van der Waals surface area contributed by atoms with E-state index in [-0.39, 0.29) is 50.2 Å². The Morgan fingerprint density at radius 3 is 2.12 bits per heavy atom. The monoisotopic (exact) mass is 819 g/mol. The number of benzene rings is 2. The van der Waals surface area contributed by atoms with Crippen LogP contribution in [0.1, 0.15) is 63.8 Å². The van der Waals surface area contributed by atoms with E-state index in [0.717, 1.165) is 40.8 Å². The Morgan fingerprint density at radius 1 is 0.931 bits per heavy atom. The molecule has 0 aliphatic carbocycles. The number of aromatic nitrogens is 1. The van der Waals surface area contributed by atoms with Crippen molar-refractivity contribution in [3.63, 3.8) is 0 Å². The number of hydrogen-bond acceptors (Lipinski definition) is 8. The molecule has 2 atom stereocenters. The van der Waals surface area contributed by atoms with Gasteiger partial charge in [0.25, 0.3) is 11.8 Å². The van der Waals surface area contributed by atoms with Gasteiger partial charge >= 0.3 is 12.1 Å². The Labute approximate surface area is 331 Å². The fourth-order valence-electron chi connectivity index (χ4n) is 6.15. The number of carbonyl (C=O) groups excluding carboxylic acids is 5. The molecule has 1 aromatic heterocycles. The minimum absolute atomic E-state index is 0.000655. The van der Waals surface area contributed by atoms with Crippen molar-refractivity contribution in [1.82, 2.24) is 19.7 Å². The van der Waals surface area contributed by atoms with Crippen LogP contribution >= 0.6 is 0 Å². The molecule has 0 radical (unpaired) electrons. The SMILES string of the molecule is CC(C)(C)[C@H](c1cc(-c2cc(F)ccc2F)cn1Cc1ccccc1)N(CC[C@H](N)C(=O)NCCCC(=O)CCN1C(=O)C=CC1=O)C(=O)CO.O=C(O)C(F)(F)F. The van der Waals surface area contributed by atoms with Gasteiger partial charge < -0.3 is 30.7 Å². The lowest BCUT2D eigenvalue weighted by atomic mass is 9.82. The summed E-state index contributed by atoms with van der Waals surface area (Å²) < 4.78 is 62.9. The summed E-state index contributed by atoms with van der Waals surface area (Å²) in [7, 11) is 0. The predicted molar refractivity (Wildman–Crippen MR) is 200 cm³/mol. The number of aliphatic hydroxyl groups is 1. The van der Waals surface area contributed by atoms with E-state index in [1.165, 1.54) is 4.90 Å². The maximum atomic E-state index is 15.0. The second-order valence-corrected chi connectivity index (χ2v) is 14.4. The summed E-state index contributed by atoms with van der Waals surface area (Å²) in [4.78, 5) is 73.2. The number of carboxylic acids is 1. The maximum Gasteiger partial charge on any atom is 0.490 e. The molecule has 0 saturated heterocycles. The van der Waals surface area contributed by atoms with E-state index in [2.05, 4.69) is 5.32 Å². The predicted octanol–water partition coefficient (Wildman–Crippen LogP) is 4.52. The first-order valence-corrected chi connectivity index (χ1v) is 18.1. The van der Waals surface area contributed by atoms with Gasteiger partial charge in [0.15, 0.2) is 0 Å². The summed E-state index contributed by atoms with van der Waals surface area (Å²) in [6, 6.07) is 12.8. The Hall–Kier alpha value is -5.75. The highest BCUT2D eigenvalue weighted by molar-refractivity contribution is 6.13. The van der Waals surface area contributed by atoms with Gasteiger partial charge in [0.1, 0.15) is 24.0 Å². The van der Waals surface area contributed by atoms with Crippen LogP contribution < -0.4 is 11.1 Å². The minimum Gasteiger partial charge on any atom is -0.475 e. The number of Topliss-reactive ketones (excluding diaryl/α,β-unsaturated/α-hetero) is 1. The van der Waals surface area contributed by atoms with Crippen molar-refractivity contribution in [1.29, 1.82) is 0 Å². The molecule has 3 aromatic rings. The molecule has 0 fully saturated rings. The Kier molecular flexibility index (Phi) is 16.6. The van der Waals surface area contributed by atoms with Gasteiger partial charge in [0.05, 0.1) is 12.1 Å². The molecule has 0 saturated carbocycles. The minimum atomic E-state index is -5.08. The lowest BCUT2D eigenvalue weighted by Crippen LogP contribution is -2.47. The topological polar surface area (TPSA) is 192 Å². The third-order valence-corrected chi connectivity index (χ3v) is 8.94. The number of nitrogens with zero attached hydrogens (tertiary/aromatic N) is 3. The van der Waals surface area contributed by atoms with Gasteiger partial charge in [-0.1, -0.05) is 51.1 Å². The number of alkyl halides is 3. The zero-order valence-corrected chi connectivity index (χ0v) is 32.1. The molecule has 0 unspecified atom stereocenters. The number of rotatable bonds is 17. The van der Waals surface area contributed by atoms with Gasteiger partial charge in [-0.15, -0.1) is 0 Å². The lowest BCUT2D eigenvalue weighted by molar-refractivity contribution is -0.192. The van der Waals surface area contributed by atoms with Crippen molar-refractivity contribution in [2.75, 3.05) is 26.2 Å². The van der Waals surface area contributed by atoms with Crippen molar-refractivity contribution >= 4 is 35.4 Å². The Morgan fingerprint density at radius 2 is 1.55 bits per heavy atom. The third kappa shape index (κ3) is 13.4. The van der Waals surface area contributed by atoms with Crippen LogP contribution in [0.4, 0.5) is 22.0 Å². The van der Waals surface area contributed by atoms with Crippen LogP contribution in [0.3, 0.4) is 0 Å². The first-order chi connectivity index (χ1) is 27.1. The van der Waals surface area contributed by atoms with E-state index in [4.69, 9.17) is 15.6 Å². The zero-order chi connectivity index (χ0) is 43.4. The van der Waals surface area contributed by atoms with Crippen molar-refractivity contribution in [3.8, 4) is 11.1 Å². The number of carboxylic acid groups (broad SMARTS) is 1. The normalized spacial score (nSPS) is 13.8. The number of hydrogen-bond donors (Lipinski definition) is 4. The molecule has 58 heavy (non-hydrogen) atoms. The number of ketones is 1. The fourth-order valence-corrected chi connectivity index (χ4v) is 6.15. The van der Waals surface area contributed by atoms with Gasteiger partial charge in [-0.25, -0.2) is 13.6 Å². The molecule has 1 aliphatic rings.